The summed E-state index contributed by atoms with van der Waals surface area (Å²) >= 11 is 1.44. The quantitative estimate of drug-likeness (QED) is 0.435. The number of ether oxygens (including phenoxy) is 3. The van der Waals surface area contributed by atoms with E-state index in [2.05, 4.69) is 0 Å². The molecule has 1 atom stereocenters. The molecule has 4 rings (SSSR count). The van der Waals surface area contributed by atoms with Gasteiger partial charge in [-0.2, -0.15) is 0 Å². The SMILES string of the molecule is CCC1=C(C(=O)OC)[C@@H](c2cccc(OC)c2OC)N2C(CC(=O)N(C)Cc3ccccc3)=CSC2=N1. The summed E-state index contributed by atoms with van der Waals surface area (Å²) in [4.78, 5) is 34.9. The minimum Gasteiger partial charge on any atom is -0.493 e. The van der Waals surface area contributed by atoms with E-state index in [0.29, 0.717) is 40.9 Å². The fourth-order valence-electron chi connectivity index (χ4n) is 4.57. The van der Waals surface area contributed by atoms with Crippen LogP contribution >= 0.6 is 11.8 Å². The van der Waals surface area contributed by atoms with E-state index in [1.54, 1.807) is 32.2 Å². The van der Waals surface area contributed by atoms with Gasteiger partial charge < -0.3 is 24.0 Å². The van der Waals surface area contributed by atoms with Gasteiger partial charge in [-0.3, -0.25) is 4.79 Å². The van der Waals surface area contributed by atoms with E-state index >= 15 is 0 Å². The molecule has 0 aromatic heterocycles. The number of aliphatic imine (C=N–C) groups is 1. The number of hydrogen-bond acceptors (Lipinski definition) is 8. The Kier molecular flexibility index (Phi) is 8.23. The number of hydrogen-bond donors (Lipinski definition) is 0. The van der Waals surface area contributed by atoms with Crippen molar-refractivity contribution in [1.82, 2.24) is 9.80 Å². The van der Waals surface area contributed by atoms with Crippen LogP contribution in [0.4, 0.5) is 0 Å². The highest BCUT2D eigenvalue weighted by Crippen LogP contribution is 2.49. The summed E-state index contributed by atoms with van der Waals surface area (Å²) in [6.45, 7) is 2.45. The van der Waals surface area contributed by atoms with Crippen LogP contribution in [0.15, 0.2) is 75.9 Å². The number of thioether (sulfide) groups is 1. The van der Waals surface area contributed by atoms with Gasteiger partial charge in [-0.25, -0.2) is 9.79 Å². The Balaban J connectivity index is 1.73. The number of fused-ring (bicyclic) bond motifs is 1. The second-order valence-electron chi connectivity index (χ2n) is 8.59. The van der Waals surface area contributed by atoms with Crippen LogP contribution in [0.25, 0.3) is 0 Å². The summed E-state index contributed by atoms with van der Waals surface area (Å²) in [7, 11) is 6.29. The molecule has 2 aliphatic rings. The first-order chi connectivity index (χ1) is 17.9. The first kappa shape index (κ1) is 26.3. The third-order valence-electron chi connectivity index (χ3n) is 6.38. The highest BCUT2D eigenvalue weighted by Gasteiger charge is 2.43. The number of carbonyl (C=O) groups is 2. The molecule has 0 bridgehead atoms. The number of amidine groups is 1. The molecule has 0 N–H and O–H groups in total. The zero-order valence-corrected chi connectivity index (χ0v) is 22.5. The highest BCUT2D eigenvalue weighted by atomic mass is 32.2. The van der Waals surface area contributed by atoms with E-state index in [-0.39, 0.29) is 12.3 Å². The zero-order chi connectivity index (χ0) is 26.5. The van der Waals surface area contributed by atoms with E-state index in [1.165, 1.54) is 18.9 Å². The number of esters is 1. The van der Waals surface area contributed by atoms with E-state index < -0.39 is 12.0 Å². The Hall–Kier alpha value is -3.72. The van der Waals surface area contributed by atoms with Gasteiger partial charge in [-0.15, -0.1) is 0 Å². The number of methoxy groups -OCH3 is 3. The number of rotatable bonds is 9. The van der Waals surface area contributed by atoms with Crippen molar-refractivity contribution in [2.45, 2.75) is 32.4 Å². The summed E-state index contributed by atoms with van der Waals surface area (Å²) < 4.78 is 16.5. The van der Waals surface area contributed by atoms with Crippen molar-refractivity contribution in [3.05, 3.63) is 82.0 Å². The van der Waals surface area contributed by atoms with Crippen LogP contribution in [-0.4, -0.2) is 55.2 Å². The Morgan fingerprint density at radius 1 is 1.05 bits per heavy atom. The molecule has 194 valence electrons. The van der Waals surface area contributed by atoms with E-state index in [1.807, 2.05) is 59.7 Å². The van der Waals surface area contributed by atoms with Crippen molar-refractivity contribution in [1.29, 1.82) is 0 Å². The Labute approximate surface area is 221 Å². The van der Waals surface area contributed by atoms with Gasteiger partial charge in [0.05, 0.1) is 45.1 Å². The highest BCUT2D eigenvalue weighted by molar-refractivity contribution is 8.16. The molecule has 8 nitrogen and oxygen atoms in total. The van der Waals surface area contributed by atoms with Gasteiger partial charge in [-0.1, -0.05) is 61.2 Å². The maximum Gasteiger partial charge on any atom is 0.338 e. The third kappa shape index (κ3) is 5.22. The van der Waals surface area contributed by atoms with Gasteiger partial charge in [0.1, 0.15) is 0 Å². The molecule has 1 amide bonds. The second-order valence-corrected chi connectivity index (χ2v) is 9.43. The zero-order valence-electron chi connectivity index (χ0n) is 21.7. The third-order valence-corrected chi connectivity index (χ3v) is 7.27. The molecular weight excluding hydrogens is 490 g/mol. The molecule has 0 unspecified atom stereocenters. The Bertz CT molecular complexity index is 1270. The van der Waals surface area contributed by atoms with Gasteiger partial charge in [0.25, 0.3) is 0 Å². The number of benzene rings is 2. The lowest BCUT2D eigenvalue weighted by Crippen LogP contribution is -2.38. The number of amides is 1. The normalized spacial score (nSPS) is 16.6. The van der Waals surface area contributed by atoms with E-state index in [9.17, 15) is 9.59 Å². The van der Waals surface area contributed by atoms with Crippen molar-refractivity contribution >= 4 is 28.8 Å². The maximum atomic E-state index is 13.3. The Morgan fingerprint density at radius 3 is 2.46 bits per heavy atom. The average Bonchev–Trinajstić information content (AvgIpc) is 3.33. The van der Waals surface area contributed by atoms with Crippen LogP contribution in [0, 0.1) is 0 Å². The smallest absolute Gasteiger partial charge is 0.338 e. The summed E-state index contributed by atoms with van der Waals surface area (Å²) in [6.07, 6.45) is 0.688. The fraction of sp³-hybridized carbons (Fsp3) is 0.321. The van der Waals surface area contributed by atoms with E-state index in [0.717, 1.165) is 16.8 Å². The molecule has 9 heteroatoms. The predicted octanol–water partition coefficient (Wildman–Crippen LogP) is 4.89. The molecule has 2 heterocycles. The minimum atomic E-state index is -0.603. The molecule has 2 aromatic rings. The van der Waals surface area contributed by atoms with Gasteiger partial charge in [0.15, 0.2) is 16.7 Å². The second kappa shape index (κ2) is 11.6. The molecule has 0 saturated heterocycles. The van der Waals surface area contributed by atoms with Crippen LogP contribution < -0.4 is 9.47 Å². The van der Waals surface area contributed by atoms with Crippen LogP contribution in [0.2, 0.25) is 0 Å². The number of allylic oxidation sites excluding steroid dienone is 1. The molecule has 0 spiro atoms. The van der Waals surface area contributed by atoms with Gasteiger partial charge in [0, 0.05) is 24.9 Å². The van der Waals surface area contributed by atoms with Crippen molar-refractivity contribution in [2.75, 3.05) is 28.4 Å². The van der Waals surface area contributed by atoms with Gasteiger partial charge in [-0.05, 0) is 23.5 Å². The van der Waals surface area contributed by atoms with Crippen molar-refractivity contribution in [3.8, 4) is 11.5 Å². The van der Waals surface area contributed by atoms with Crippen molar-refractivity contribution in [2.24, 2.45) is 4.99 Å². The predicted molar refractivity (Wildman–Crippen MR) is 144 cm³/mol. The fourth-order valence-corrected chi connectivity index (χ4v) is 5.51. The molecule has 0 fully saturated rings. The molecule has 2 aromatic carbocycles. The lowest BCUT2D eigenvalue weighted by molar-refractivity contribution is -0.136. The number of para-hydroxylation sites is 1. The number of carbonyl (C=O) groups excluding carboxylic acids is 2. The molecular formula is C28H31N3O5S. The first-order valence-corrected chi connectivity index (χ1v) is 12.8. The summed E-state index contributed by atoms with van der Waals surface area (Å²) in [5.74, 6) is 0.538. The van der Waals surface area contributed by atoms with Crippen LogP contribution in [-0.2, 0) is 20.9 Å². The maximum absolute atomic E-state index is 13.3. The topological polar surface area (TPSA) is 80.7 Å². The van der Waals surface area contributed by atoms with Crippen LogP contribution in [0.3, 0.4) is 0 Å². The molecule has 0 radical (unpaired) electrons. The largest absolute Gasteiger partial charge is 0.493 e. The molecule has 0 saturated carbocycles. The lowest BCUT2D eigenvalue weighted by atomic mass is 9.92. The number of nitrogens with zero attached hydrogens (tertiary/aromatic N) is 3. The van der Waals surface area contributed by atoms with E-state index in [4.69, 9.17) is 19.2 Å². The first-order valence-electron chi connectivity index (χ1n) is 12.0. The van der Waals surface area contributed by atoms with Crippen LogP contribution in [0.5, 0.6) is 11.5 Å². The van der Waals surface area contributed by atoms with Gasteiger partial charge >= 0.3 is 5.97 Å². The minimum absolute atomic E-state index is 0.0433. The van der Waals surface area contributed by atoms with Crippen molar-refractivity contribution < 1.29 is 23.8 Å². The standard InChI is InChI=1S/C28H31N3O5S/c1-6-21-24(27(33)36-5)25(20-13-10-14-22(34-3)26(20)35-4)31-19(17-37-28(31)29-21)15-23(32)30(2)16-18-11-8-7-9-12-18/h7-14,17,25H,6,15-16H2,1-5H3/t25-/m1/s1. The molecule has 37 heavy (non-hydrogen) atoms. The Morgan fingerprint density at radius 2 is 1.81 bits per heavy atom. The summed E-state index contributed by atoms with van der Waals surface area (Å²) in [5, 5.41) is 2.63. The van der Waals surface area contributed by atoms with Gasteiger partial charge in [0.2, 0.25) is 5.91 Å². The molecule has 2 aliphatic heterocycles. The van der Waals surface area contributed by atoms with Crippen LogP contribution in [0.1, 0.15) is 36.9 Å². The van der Waals surface area contributed by atoms with Crippen molar-refractivity contribution in [3.63, 3.8) is 0 Å². The summed E-state index contributed by atoms with van der Waals surface area (Å²) in [5.41, 5.74) is 3.58. The summed E-state index contributed by atoms with van der Waals surface area (Å²) in [6, 6.07) is 14.8. The molecule has 0 aliphatic carbocycles. The average molecular weight is 522 g/mol. The monoisotopic (exact) mass is 521 g/mol. The lowest BCUT2D eigenvalue weighted by Gasteiger charge is -2.37.